The second-order valence-electron chi connectivity index (χ2n) is 6.03. The third-order valence-electron chi connectivity index (χ3n) is 3.86. The van der Waals surface area contributed by atoms with Crippen LogP contribution in [0.3, 0.4) is 0 Å². The molecule has 0 saturated heterocycles. The molecule has 0 aromatic carbocycles. The highest BCUT2D eigenvalue weighted by Gasteiger charge is 2.29. The fourth-order valence-electron chi connectivity index (χ4n) is 2.31. The van der Waals surface area contributed by atoms with E-state index >= 15 is 0 Å². The van der Waals surface area contributed by atoms with Gasteiger partial charge >= 0.3 is 5.97 Å². The van der Waals surface area contributed by atoms with Crippen molar-refractivity contribution < 1.29 is 24.3 Å². The molecular formula is C16H26N6O5S2. The summed E-state index contributed by atoms with van der Waals surface area (Å²) in [5.74, 6) is -2.46. The Labute approximate surface area is 177 Å². The number of aliphatic carboxylic acids is 1. The number of nitrogens with one attached hydrogen (secondary N) is 4. The molecule has 7 N–H and O–H groups in total. The van der Waals surface area contributed by atoms with Crippen molar-refractivity contribution in [1.29, 1.82) is 0 Å². The van der Waals surface area contributed by atoms with Gasteiger partial charge in [0.2, 0.25) is 17.7 Å². The highest BCUT2D eigenvalue weighted by Crippen LogP contribution is 2.04. The first-order chi connectivity index (χ1) is 13.8. The maximum Gasteiger partial charge on any atom is 0.326 e. The number of nitrogens with two attached hydrogens (primary N) is 1. The van der Waals surface area contributed by atoms with Crippen LogP contribution in [-0.2, 0) is 25.6 Å². The van der Waals surface area contributed by atoms with Gasteiger partial charge in [0.1, 0.15) is 18.1 Å². The molecule has 11 nitrogen and oxygen atoms in total. The van der Waals surface area contributed by atoms with Crippen LogP contribution in [0.15, 0.2) is 12.5 Å². The molecule has 3 unspecified atom stereocenters. The van der Waals surface area contributed by atoms with Crippen LogP contribution in [0.4, 0.5) is 0 Å². The molecule has 0 saturated carbocycles. The smallest absolute Gasteiger partial charge is 0.326 e. The summed E-state index contributed by atoms with van der Waals surface area (Å²) in [6.45, 7) is -0.270. The Morgan fingerprint density at radius 2 is 1.86 bits per heavy atom. The van der Waals surface area contributed by atoms with E-state index in [0.29, 0.717) is 17.9 Å². The second kappa shape index (κ2) is 13.1. The number of thioether (sulfide) groups is 1. The first-order valence-corrected chi connectivity index (χ1v) is 10.7. The quantitative estimate of drug-likeness (QED) is 0.172. The molecule has 1 rings (SSSR count). The van der Waals surface area contributed by atoms with E-state index in [1.165, 1.54) is 24.3 Å². The molecule has 13 heteroatoms. The van der Waals surface area contributed by atoms with Crippen molar-refractivity contribution in [2.75, 3.05) is 24.3 Å². The van der Waals surface area contributed by atoms with Crippen molar-refractivity contribution in [2.45, 2.75) is 31.0 Å². The van der Waals surface area contributed by atoms with Gasteiger partial charge in [-0.15, -0.1) is 0 Å². The highest BCUT2D eigenvalue weighted by molar-refractivity contribution is 7.98. The first kappa shape index (κ1) is 24.8. The van der Waals surface area contributed by atoms with Gasteiger partial charge in [-0.3, -0.25) is 14.4 Å². The molecule has 0 spiro atoms. The van der Waals surface area contributed by atoms with Crippen molar-refractivity contribution in [3.8, 4) is 0 Å². The van der Waals surface area contributed by atoms with Gasteiger partial charge in [-0.05, 0) is 18.4 Å². The normalized spacial score (nSPS) is 13.8. The van der Waals surface area contributed by atoms with E-state index in [2.05, 4.69) is 38.5 Å². The van der Waals surface area contributed by atoms with E-state index in [1.54, 1.807) is 0 Å². The van der Waals surface area contributed by atoms with E-state index < -0.39 is 41.8 Å². The zero-order chi connectivity index (χ0) is 21.8. The maximum absolute atomic E-state index is 12.5. The summed E-state index contributed by atoms with van der Waals surface area (Å²) in [5, 5.41) is 16.7. The van der Waals surface area contributed by atoms with E-state index in [1.807, 2.05) is 6.26 Å². The minimum Gasteiger partial charge on any atom is -0.480 e. The lowest BCUT2D eigenvalue weighted by Gasteiger charge is -2.23. The Hall–Kier alpha value is -2.25. The lowest BCUT2D eigenvalue weighted by Crippen LogP contribution is -2.57. The molecule has 3 atom stereocenters. The van der Waals surface area contributed by atoms with Gasteiger partial charge in [0.25, 0.3) is 0 Å². The molecule has 0 aliphatic rings. The van der Waals surface area contributed by atoms with Crippen LogP contribution < -0.4 is 21.7 Å². The van der Waals surface area contributed by atoms with Gasteiger partial charge in [-0.1, -0.05) is 0 Å². The average Bonchev–Trinajstić information content (AvgIpc) is 3.21. The highest BCUT2D eigenvalue weighted by atomic mass is 32.2. The van der Waals surface area contributed by atoms with E-state index in [4.69, 9.17) is 5.73 Å². The molecule has 0 radical (unpaired) electrons. The SMILES string of the molecule is CSCCC(NC(=O)CN)C(=O)NC(CS)C(=O)NC(Cc1cnc[nH]1)C(=O)O. The van der Waals surface area contributed by atoms with Gasteiger partial charge in [-0.25, -0.2) is 9.78 Å². The second-order valence-corrected chi connectivity index (χ2v) is 7.38. The Kier molecular flexibility index (Phi) is 11.2. The summed E-state index contributed by atoms with van der Waals surface area (Å²) < 4.78 is 0. The molecule has 0 aliphatic carbocycles. The molecule has 0 fully saturated rings. The lowest BCUT2D eigenvalue weighted by molar-refractivity contribution is -0.142. The molecule has 0 bridgehead atoms. The zero-order valence-corrected chi connectivity index (χ0v) is 17.6. The number of hydrogen-bond donors (Lipinski definition) is 7. The number of imidazole rings is 1. The molecular weight excluding hydrogens is 420 g/mol. The van der Waals surface area contributed by atoms with Crippen LogP contribution in [0.1, 0.15) is 12.1 Å². The number of carboxylic acids is 1. The van der Waals surface area contributed by atoms with Gasteiger partial charge in [0.05, 0.1) is 12.9 Å². The van der Waals surface area contributed by atoms with E-state index in [-0.39, 0.29) is 18.7 Å². The summed E-state index contributed by atoms with van der Waals surface area (Å²) in [7, 11) is 0. The van der Waals surface area contributed by atoms with E-state index in [0.717, 1.165) is 0 Å². The summed E-state index contributed by atoms with van der Waals surface area (Å²) >= 11 is 5.57. The fourth-order valence-corrected chi connectivity index (χ4v) is 3.04. The molecule has 1 heterocycles. The summed E-state index contributed by atoms with van der Waals surface area (Å²) in [6.07, 6.45) is 5.05. The van der Waals surface area contributed by atoms with Crippen LogP contribution >= 0.6 is 24.4 Å². The number of rotatable bonds is 13. The number of thiol groups is 1. The number of carbonyl (C=O) groups is 4. The average molecular weight is 447 g/mol. The number of aromatic amines is 1. The Morgan fingerprint density at radius 3 is 2.38 bits per heavy atom. The van der Waals surface area contributed by atoms with Crippen molar-refractivity contribution in [1.82, 2.24) is 25.9 Å². The number of aromatic nitrogens is 2. The number of amides is 3. The van der Waals surface area contributed by atoms with Gasteiger partial charge in [0.15, 0.2) is 0 Å². The summed E-state index contributed by atoms with van der Waals surface area (Å²) in [5.41, 5.74) is 5.81. The maximum atomic E-state index is 12.5. The summed E-state index contributed by atoms with van der Waals surface area (Å²) in [6, 6.07) is -3.17. The largest absolute Gasteiger partial charge is 0.480 e. The minimum absolute atomic E-state index is 0.00276. The molecule has 1 aromatic heterocycles. The number of carbonyl (C=O) groups excluding carboxylic acids is 3. The lowest BCUT2D eigenvalue weighted by atomic mass is 10.1. The van der Waals surface area contributed by atoms with Crippen molar-refractivity contribution >= 4 is 48.1 Å². The fraction of sp³-hybridized carbons (Fsp3) is 0.562. The van der Waals surface area contributed by atoms with Crippen molar-refractivity contribution in [2.24, 2.45) is 5.73 Å². The minimum atomic E-state index is -1.23. The van der Waals surface area contributed by atoms with Crippen LogP contribution in [0.5, 0.6) is 0 Å². The number of nitrogens with zero attached hydrogens (tertiary/aromatic N) is 1. The summed E-state index contributed by atoms with van der Waals surface area (Å²) in [4.78, 5) is 54.6. The number of hydrogen-bond acceptors (Lipinski definition) is 8. The zero-order valence-electron chi connectivity index (χ0n) is 15.9. The Morgan fingerprint density at radius 1 is 1.21 bits per heavy atom. The van der Waals surface area contributed by atoms with Gasteiger partial charge in [0, 0.05) is 24.1 Å². The number of carboxylic acid groups (broad SMARTS) is 1. The van der Waals surface area contributed by atoms with Crippen molar-refractivity contribution in [3.05, 3.63) is 18.2 Å². The molecule has 1 aromatic rings. The standard InChI is InChI=1S/C16H26N6O5S2/c1-29-3-2-10(20-13(23)5-17)14(24)22-12(7-28)15(25)21-11(16(26)27)4-9-6-18-8-19-9/h6,8,10-12,28H,2-5,7,17H2,1H3,(H,18,19)(H,20,23)(H,21,25)(H,22,24)(H,26,27). The predicted octanol–water partition coefficient (Wildman–Crippen LogP) is -1.87. The molecule has 162 valence electrons. The third-order valence-corrected chi connectivity index (χ3v) is 4.87. The number of H-pyrrole nitrogens is 1. The third kappa shape index (κ3) is 8.75. The Balaban J connectivity index is 2.76. The first-order valence-electron chi connectivity index (χ1n) is 8.72. The van der Waals surface area contributed by atoms with Gasteiger partial charge in [-0.2, -0.15) is 24.4 Å². The van der Waals surface area contributed by atoms with Crippen LogP contribution in [0.25, 0.3) is 0 Å². The van der Waals surface area contributed by atoms with Crippen molar-refractivity contribution in [3.63, 3.8) is 0 Å². The van der Waals surface area contributed by atoms with Crippen LogP contribution in [0.2, 0.25) is 0 Å². The topological polar surface area (TPSA) is 179 Å². The van der Waals surface area contributed by atoms with Gasteiger partial charge < -0.3 is 31.8 Å². The van der Waals surface area contributed by atoms with Crippen LogP contribution in [0, 0.1) is 0 Å². The molecule has 0 aliphatic heterocycles. The Bertz CT molecular complexity index is 687. The monoisotopic (exact) mass is 446 g/mol. The van der Waals surface area contributed by atoms with Crippen LogP contribution in [-0.4, -0.2) is 81.2 Å². The predicted molar refractivity (Wildman–Crippen MR) is 112 cm³/mol. The molecule has 29 heavy (non-hydrogen) atoms. The molecule has 3 amide bonds. The van der Waals surface area contributed by atoms with E-state index in [9.17, 15) is 24.3 Å².